The molecule has 0 aliphatic rings. The molecule has 0 radical (unpaired) electrons. The summed E-state index contributed by atoms with van der Waals surface area (Å²) < 4.78 is 13.7. The first-order chi connectivity index (χ1) is 11.1. The van der Waals surface area contributed by atoms with Crippen LogP contribution in [0.4, 0.5) is 21.6 Å². The molecule has 0 aliphatic heterocycles. The SMILES string of the molecule is O=[N+]([O-])c1ccccc1Nc1cc(-c2cccnc2F)ncn1. The van der Waals surface area contributed by atoms with E-state index in [-0.39, 0.29) is 16.9 Å². The number of nitro benzene ring substituents is 1. The van der Waals surface area contributed by atoms with Gasteiger partial charge in [-0.1, -0.05) is 12.1 Å². The Hall–Kier alpha value is -3.42. The van der Waals surface area contributed by atoms with Gasteiger partial charge in [-0.3, -0.25) is 10.1 Å². The number of rotatable bonds is 4. The second-order valence-electron chi connectivity index (χ2n) is 4.53. The Morgan fingerprint density at radius 3 is 2.70 bits per heavy atom. The van der Waals surface area contributed by atoms with E-state index in [1.54, 1.807) is 30.3 Å². The molecule has 1 N–H and O–H groups in total. The molecule has 2 heterocycles. The van der Waals surface area contributed by atoms with Crippen molar-refractivity contribution in [2.45, 2.75) is 0 Å². The molecule has 0 saturated carbocycles. The molecule has 0 aliphatic carbocycles. The number of nitrogens with one attached hydrogen (secondary N) is 1. The Bertz CT molecular complexity index is 872. The van der Waals surface area contributed by atoms with Crippen LogP contribution in [0.15, 0.2) is 55.0 Å². The molecule has 114 valence electrons. The summed E-state index contributed by atoms with van der Waals surface area (Å²) in [6.07, 6.45) is 2.59. The number of pyridine rings is 1. The lowest BCUT2D eigenvalue weighted by Crippen LogP contribution is -2.00. The van der Waals surface area contributed by atoms with Gasteiger partial charge in [-0.25, -0.2) is 15.0 Å². The van der Waals surface area contributed by atoms with E-state index < -0.39 is 10.9 Å². The van der Waals surface area contributed by atoms with Crippen molar-refractivity contribution in [1.82, 2.24) is 15.0 Å². The van der Waals surface area contributed by atoms with E-state index in [0.29, 0.717) is 11.5 Å². The zero-order valence-corrected chi connectivity index (χ0v) is 11.7. The topological polar surface area (TPSA) is 93.8 Å². The second-order valence-corrected chi connectivity index (χ2v) is 4.53. The van der Waals surface area contributed by atoms with Crippen LogP contribution in [-0.2, 0) is 0 Å². The van der Waals surface area contributed by atoms with Crippen molar-refractivity contribution in [3.8, 4) is 11.3 Å². The first-order valence-corrected chi connectivity index (χ1v) is 6.58. The molecule has 23 heavy (non-hydrogen) atoms. The van der Waals surface area contributed by atoms with Crippen molar-refractivity contribution in [3.05, 3.63) is 71.1 Å². The highest BCUT2D eigenvalue weighted by Crippen LogP contribution is 2.27. The van der Waals surface area contributed by atoms with Crippen molar-refractivity contribution >= 4 is 17.2 Å². The first-order valence-electron chi connectivity index (χ1n) is 6.58. The van der Waals surface area contributed by atoms with Crippen molar-refractivity contribution in [2.24, 2.45) is 0 Å². The van der Waals surface area contributed by atoms with Crippen LogP contribution < -0.4 is 5.32 Å². The average molecular weight is 311 g/mol. The van der Waals surface area contributed by atoms with Crippen LogP contribution in [0.5, 0.6) is 0 Å². The summed E-state index contributed by atoms with van der Waals surface area (Å²) in [6.45, 7) is 0. The zero-order valence-electron chi connectivity index (χ0n) is 11.7. The molecule has 1 aromatic carbocycles. The maximum Gasteiger partial charge on any atom is 0.292 e. The fraction of sp³-hybridized carbons (Fsp3) is 0. The third kappa shape index (κ3) is 3.10. The van der Waals surface area contributed by atoms with E-state index in [1.807, 2.05) is 0 Å². The van der Waals surface area contributed by atoms with Crippen LogP contribution in [0.25, 0.3) is 11.3 Å². The molecule has 0 unspecified atom stereocenters. The van der Waals surface area contributed by atoms with Gasteiger partial charge in [0.05, 0.1) is 16.2 Å². The van der Waals surface area contributed by atoms with Gasteiger partial charge < -0.3 is 5.32 Å². The lowest BCUT2D eigenvalue weighted by molar-refractivity contribution is -0.383. The van der Waals surface area contributed by atoms with Gasteiger partial charge in [-0.05, 0) is 18.2 Å². The Kier molecular flexibility index (Phi) is 3.88. The number of hydrogen-bond donors (Lipinski definition) is 1. The maximum atomic E-state index is 13.7. The number of anilines is 2. The molecule has 3 rings (SSSR count). The van der Waals surface area contributed by atoms with E-state index in [9.17, 15) is 14.5 Å². The highest BCUT2D eigenvalue weighted by atomic mass is 19.1. The predicted molar refractivity (Wildman–Crippen MR) is 81.6 cm³/mol. The minimum Gasteiger partial charge on any atom is -0.335 e. The molecule has 2 aromatic heterocycles. The molecule has 0 atom stereocenters. The van der Waals surface area contributed by atoms with Gasteiger partial charge in [0.2, 0.25) is 5.95 Å². The maximum absolute atomic E-state index is 13.7. The minimum atomic E-state index is -0.650. The van der Waals surface area contributed by atoms with Gasteiger partial charge in [-0.15, -0.1) is 0 Å². The molecule has 0 saturated heterocycles. The van der Waals surface area contributed by atoms with E-state index in [4.69, 9.17) is 0 Å². The summed E-state index contributed by atoms with van der Waals surface area (Å²) in [7, 11) is 0. The third-order valence-electron chi connectivity index (χ3n) is 3.07. The average Bonchev–Trinajstić information content (AvgIpc) is 2.56. The van der Waals surface area contributed by atoms with Gasteiger partial charge in [0.1, 0.15) is 17.8 Å². The fourth-order valence-corrected chi connectivity index (χ4v) is 2.03. The van der Waals surface area contributed by atoms with Crippen LogP contribution in [0.2, 0.25) is 0 Å². The normalized spacial score (nSPS) is 10.3. The smallest absolute Gasteiger partial charge is 0.292 e. The monoisotopic (exact) mass is 311 g/mol. The molecule has 7 nitrogen and oxygen atoms in total. The number of nitrogens with zero attached hydrogens (tertiary/aromatic N) is 4. The number of halogens is 1. The van der Waals surface area contributed by atoms with Crippen molar-refractivity contribution in [1.29, 1.82) is 0 Å². The van der Waals surface area contributed by atoms with Crippen LogP contribution in [0.3, 0.4) is 0 Å². The van der Waals surface area contributed by atoms with E-state index in [1.165, 1.54) is 24.7 Å². The molecule has 0 spiro atoms. The molecular formula is C15H10FN5O2. The Morgan fingerprint density at radius 2 is 1.91 bits per heavy atom. The standard InChI is InChI=1S/C15H10FN5O2/c16-15-10(4-3-7-17-15)12-8-14(19-9-18-12)20-11-5-1-2-6-13(11)21(22)23/h1-9H,(H,18,19,20). The van der Waals surface area contributed by atoms with E-state index in [2.05, 4.69) is 20.3 Å². The Morgan fingerprint density at radius 1 is 1.09 bits per heavy atom. The highest BCUT2D eigenvalue weighted by molar-refractivity contribution is 5.70. The van der Waals surface area contributed by atoms with Gasteiger partial charge in [0.25, 0.3) is 5.69 Å². The lowest BCUT2D eigenvalue weighted by atomic mass is 10.2. The third-order valence-corrected chi connectivity index (χ3v) is 3.07. The van der Waals surface area contributed by atoms with Gasteiger partial charge in [0.15, 0.2) is 0 Å². The number of aromatic nitrogens is 3. The Labute approximate surface area is 130 Å². The number of benzene rings is 1. The van der Waals surface area contributed by atoms with Gasteiger partial charge >= 0.3 is 0 Å². The van der Waals surface area contributed by atoms with Crippen molar-refractivity contribution < 1.29 is 9.31 Å². The fourth-order valence-electron chi connectivity index (χ4n) is 2.03. The summed E-state index contributed by atoms with van der Waals surface area (Å²) in [6, 6.07) is 10.8. The summed E-state index contributed by atoms with van der Waals surface area (Å²) in [5.41, 5.74) is 0.751. The number of nitro groups is 1. The number of hydrogen-bond acceptors (Lipinski definition) is 6. The van der Waals surface area contributed by atoms with Crippen LogP contribution >= 0.6 is 0 Å². The van der Waals surface area contributed by atoms with Gasteiger partial charge in [-0.2, -0.15) is 4.39 Å². The molecule has 3 aromatic rings. The zero-order chi connectivity index (χ0) is 16.2. The molecule has 0 fully saturated rings. The van der Waals surface area contributed by atoms with Crippen LogP contribution in [0.1, 0.15) is 0 Å². The molecule has 0 amide bonds. The largest absolute Gasteiger partial charge is 0.335 e. The lowest BCUT2D eigenvalue weighted by Gasteiger charge is -2.07. The van der Waals surface area contributed by atoms with Crippen molar-refractivity contribution in [3.63, 3.8) is 0 Å². The summed E-state index contributed by atoms with van der Waals surface area (Å²) in [5, 5.41) is 13.9. The number of para-hydroxylation sites is 2. The van der Waals surface area contributed by atoms with Gasteiger partial charge in [0, 0.05) is 18.3 Å². The van der Waals surface area contributed by atoms with Crippen molar-refractivity contribution in [2.75, 3.05) is 5.32 Å². The van der Waals surface area contributed by atoms with E-state index >= 15 is 0 Å². The molecule has 0 bridgehead atoms. The molecular weight excluding hydrogens is 301 g/mol. The van der Waals surface area contributed by atoms with E-state index in [0.717, 1.165) is 0 Å². The van der Waals surface area contributed by atoms with Crippen LogP contribution in [0, 0.1) is 16.1 Å². The summed E-state index contributed by atoms with van der Waals surface area (Å²) in [5.74, 6) is -0.338. The quantitative estimate of drug-likeness (QED) is 0.451. The predicted octanol–water partition coefficient (Wildman–Crippen LogP) is 3.33. The van der Waals surface area contributed by atoms with Crippen LogP contribution in [-0.4, -0.2) is 19.9 Å². The summed E-state index contributed by atoms with van der Waals surface area (Å²) in [4.78, 5) is 22.1. The molecule has 8 heteroatoms. The highest BCUT2D eigenvalue weighted by Gasteiger charge is 2.14. The summed E-state index contributed by atoms with van der Waals surface area (Å²) >= 11 is 0. The Balaban J connectivity index is 1.96. The second kappa shape index (κ2) is 6.14. The minimum absolute atomic E-state index is 0.0831. The first kappa shape index (κ1) is 14.5.